The van der Waals surface area contributed by atoms with Gasteiger partial charge in [0, 0.05) is 63.1 Å². The topological polar surface area (TPSA) is 186 Å². The number of Topliss-reactive ketones (excluding diaryl/α,β-unsaturated/α-hetero) is 1. The summed E-state index contributed by atoms with van der Waals surface area (Å²) in [6, 6.07) is 3.75. The molecule has 0 saturated carbocycles. The number of aromatic hydroxyl groups is 2. The number of phenolic OH excluding ortho intramolecular Hbond substituents is 2. The van der Waals surface area contributed by atoms with Crippen molar-refractivity contribution >= 4 is 17.3 Å². The fraction of sp³-hybridized carbons (Fsp3) is 0.444. The van der Waals surface area contributed by atoms with Crippen molar-refractivity contribution in [2.45, 2.75) is 69.4 Å². The summed E-state index contributed by atoms with van der Waals surface area (Å²) >= 11 is 0. The predicted molar refractivity (Wildman–Crippen MR) is 130 cm³/mol. The van der Waals surface area contributed by atoms with Crippen molar-refractivity contribution in [2.75, 3.05) is 7.11 Å². The van der Waals surface area contributed by atoms with Crippen LogP contribution in [0.25, 0.3) is 0 Å². The van der Waals surface area contributed by atoms with Crippen LogP contribution in [-0.2, 0) is 41.8 Å². The minimum absolute atomic E-state index is 0. The van der Waals surface area contributed by atoms with E-state index in [0.717, 1.165) is 0 Å². The molecule has 3 aliphatic rings. The number of nitrogens with two attached hydrogens (primary N) is 1. The second kappa shape index (κ2) is 10.4. The van der Waals surface area contributed by atoms with Crippen LogP contribution in [-0.4, -0.2) is 75.0 Å². The summed E-state index contributed by atoms with van der Waals surface area (Å²) in [4.78, 5) is 39.6. The van der Waals surface area contributed by atoms with Gasteiger partial charge in [0.2, 0.25) is 5.78 Å². The Morgan fingerprint density at radius 1 is 1.13 bits per heavy atom. The van der Waals surface area contributed by atoms with Crippen molar-refractivity contribution in [3.8, 4) is 17.2 Å². The van der Waals surface area contributed by atoms with Gasteiger partial charge in [-0.15, -0.1) is 0 Å². The number of aliphatic hydroxyl groups excluding tert-OH is 1. The fourth-order valence-corrected chi connectivity index (χ4v) is 5.66. The summed E-state index contributed by atoms with van der Waals surface area (Å²) in [6.07, 6.45) is -4.53. The van der Waals surface area contributed by atoms with Crippen molar-refractivity contribution in [3.05, 3.63) is 51.6 Å². The molecule has 2 aliphatic carbocycles. The molecule has 0 amide bonds. The van der Waals surface area contributed by atoms with Gasteiger partial charge in [-0.05, 0) is 19.9 Å². The van der Waals surface area contributed by atoms with Crippen molar-refractivity contribution in [2.24, 2.45) is 5.73 Å². The summed E-state index contributed by atoms with van der Waals surface area (Å²) < 4.78 is 17.1. The number of ketones is 3. The van der Waals surface area contributed by atoms with Gasteiger partial charge in [-0.25, -0.2) is 0 Å². The molecule has 5 rings (SSSR count). The third-order valence-electron chi connectivity index (χ3n) is 7.80. The van der Waals surface area contributed by atoms with Crippen molar-refractivity contribution in [1.29, 1.82) is 0 Å². The number of hydrogen-bond donors (Lipinski definition) is 5. The largest absolute Gasteiger partial charge is 0.507 e. The van der Waals surface area contributed by atoms with E-state index in [4.69, 9.17) is 19.9 Å². The molecule has 1 heterocycles. The van der Waals surface area contributed by atoms with Gasteiger partial charge in [-0.3, -0.25) is 14.4 Å². The normalized spacial score (nSPS) is 29.5. The minimum atomic E-state index is -2.00. The molecule has 11 nitrogen and oxygen atoms in total. The number of carbonyl (C=O) groups excluding carboxylic acids is 3. The van der Waals surface area contributed by atoms with Crippen LogP contribution in [0.2, 0.25) is 0 Å². The monoisotopic (exact) mass is 722 g/mol. The molecule has 0 aromatic heterocycles. The van der Waals surface area contributed by atoms with E-state index in [1.54, 1.807) is 6.92 Å². The number of methoxy groups -OCH3 is 1. The maximum atomic E-state index is 13.6. The van der Waals surface area contributed by atoms with Crippen LogP contribution in [0.3, 0.4) is 0 Å². The standard InChI is InChI=1S/C27H29NO10.Pt/c1-10-22(30)14(28)7-17(37-10)38-16-9-27(35,11(2)29)8-13-19(16)26(34)21-20(24(13)32)23(31)12-5-4-6-15(36-3)18(12)25(21)33;/h4-6,10,14,16-17,22,30,32,34-35H,7-9,28H2,1-3H3;/t10-,14-,16-,17-,22+,27-;/m0./s1. The first-order chi connectivity index (χ1) is 17.9. The maximum absolute atomic E-state index is 13.6. The average Bonchev–Trinajstić information content (AvgIpc) is 2.87. The Morgan fingerprint density at radius 2 is 1.79 bits per heavy atom. The van der Waals surface area contributed by atoms with Gasteiger partial charge < -0.3 is 40.4 Å². The number of ether oxygens (including phenoxy) is 3. The molecule has 1 fully saturated rings. The Kier molecular flexibility index (Phi) is 7.81. The van der Waals surface area contributed by atoms with Crippen LogP contribution >= 0.6 is 0 Å². The first kappa shape index (κ1) is 29.3. The minimum Gasteiger partial charge on any atom is -0.507 e. The Hall–Kier alpha value is -2.66. The Morgan fingerprint density at radius 3 is 2.41 bits per heavy atom. The number of carbonyl (C=O) groups is 3. The van der Waals surface area contributed by atoms with Crippen molar-refractivity contribution < 1.29 is 70.1 Å². The number of fused-ring (bicyclic) bond motifs is 3. The summed E-state index contributed by atoms with van der Waals surface area (Å²) in [5.74, 6) is -3.18. The van der Waals surface area contributed by atoms with Crippen LogP contribution in [0.5, 0.6) is 17.2 Å². The summed E-state index contributed by atoms with van der Waals surface area (Å²) in [5.41, 5.74) is 2.97. The van der Waals surface area contributed by atoms with Gasteiger partial charge in [-0.1, -0.05) is 12.1 Å². The van der Waals surface area contributed by atoms with E-state index in [-0.39, 0.29) is 61.9 Å². The van der Waals surface area contributed by atoms with Gasteiger partial charge in [0.25, 0.3) is 0 Å². The van der Waals surface area contributed by atoms with Crippen LogP contribution in [0.4, 0.5) is 0 Å². The summed E-state index contributed by atoms with van der Waals surface area (Å²) in [7, 11) is 1.34. The third kappa shape index (κ3) is 4.51. The molecule has 1 saturated heterocycles. The molecular weight excluding hydrogens is 693 g/mol. The summed E-state index contributed by atoms with van der Waals surface area (Å²) in [6.45, 7) is 2.79. The number of benzene rings is 2. The molecular formula is C27H29NO10Pt. The predicted octanol–water partition coefficient (Wildman–Crippen LogP) is 1.03. The zero-order valence-electron chi connectivity index (χ0n) is 21.4. The van der Waals surface area contributed by atoms with Crippen molar-refractivity contribution in [3.63, 3.8) is 0 Å². The molecule has 0 bridgehead atoms. The molecule has 1 aliphatic heterocycles. The van der Waals surface area contributed by atoms with E-state index in [0.29, 0.717) is 0 Å². The van der Waals surface area contributed by atoms with Crippen LogP contribution in [0.1, 0.15) is 75.8 Å². The Bertz CT molecular complexity index is 1370. The molecule has 6 N–H and O–H groups in total. The molecule has 12 heteroatoms. The van der Waals surface area contributed by atoms with Crippen molar-refractivity contribution in [1.82, 2.24) is 0 Å². The quantitative estimate of drug-likeness (QED) is 0.242. The van der Waals surface area contributed by atoms with Crippen LogP contribution in [0, 0.1) is 0 Å². The first-order valence-electron chi connectivity index (χ1n) is 12.2. The van der Waals surface area contributed by atoms with Gasteiger partial charge in [-0.2, -0.15) is 0 Å². The van der Waals surface area contributed by atoms with Crippen LogP contribution < -0.4 is 10.5 Å². The zero-order chi connectivity index (χ0) is 27.7. The van der Waals surface area contributed by atoms with E-state index in [1.807, 2.05) is 0 Å². The number of rotatable bonds is 4. The smallest absolute Gasteiger partial charge is 0.202 e. The molecule has 0 radical (unpaired) electrons. The molecule has 0 spiro atoms. The molecule has 6 atom stereocenters. The zero-order valence-corrected chi connectivity index (χ0v) is 23.6. The van der Waals surface area contributed by atoms with E-state index in [9.17, 15) is 34.8 Å². The van der Waals surface area contributed by atoms with Gasteiger partial charge >= 0.3 is 0 Å². The van der Waals surface area contributed by atoms with E-state index >= 15 is 0 Å². The Labute approximate surface area is 238 Å². The molecule has 2 aromatic carbocycles. The molecule has 212 valence electrons. The van der Waals surface area contributed by atoms with E-state index in [1.165, 1.54) is 32.2 Å². The number of phenols is 2. The number of hydrogen-bond acceptors (Lipinski definition) is 11. The first-order valence-corrected chi connectivity index (χ1v) is 12.2. The van der Waals surface area contributed by atoms with E-state index in [2.05, 4.69) is 0 Å². The Balaban J connectivity index is 0.00000353. The number of aliphatic hydroxyl groups is 2. The maximum Gasteiger partial charge on any atom is 0.202 e. The van der Waals surface area contributed by atoms with Gasteiger partial charge in [0.1, 0.15) is 22.8 Å². The molecule has 2 aromatic rings. The SMILES string of the molecule is COc1cccc2c1C(=O)c1c(O)c3c(c(O)c1C2=O)C[C@@](O)(C(C)=O)C[C@@H]3O[C@H]1C[C@H](N)[C@H](O)[C@H](C)O1.[Pt]. The molecule has 39 heavy (non-hydrogen) atoms. The summed E-state index contributed by atoms with van der Waals surface area (Å²) in [5, 5.41) is 44.1. The average molecular weight is 723 g/mol. The second-order valence-electron chi connectivity index (χ2n) is 10.1. The van der Waals surface area contributed by atoms with Gasteiger partial charge in [0.05, 0.1) is 42.1 Å². The van der Waals surface area contributed by atoms with Gasteiger partial charge in [0.15, 0.2) is 17.9 Å². The fourth-order valence-electron chi connectivity index (χ4n) is 5.66. The van der Waals surface area contributed by atoms with Crippen LogP contribution in [0.15, 0.2) is 18.2 Å². The third-order valence-corrected chi connectivity index (χ3v) is 7.80. The van der Waals surface area contributed by atoms with E-state index < -0.39 is 82.6 Å². The second-order valence-corrected chi connectivity index (χ2v) is 10.1. The molecule has 0 unspecified atom stereocenters.